The van der Waals surface area contributed by atoms with Crippen LogP contribution in [-0.2, 0) is 9.53 Å². The van der Waals surface area contributed by atoms with E-state index in [2.05, 4.69) is 29.2 Å². The van der Waals surface area contributed by atoms with Crippen LogP contribution in [0.3, 0.4) is 0 Å². The molecule has 5 rings (SSSR count). The van der Waals surface area contributed by atoms with Crippen LogP contribution in [0, 0.1) is 17.8 Å². The Morgan fingerprint density at radius 3 is 1.93 bits per heavy atom. The SMILES string of the molecule is CCOC(=O)C[C@@H]1CC[C@@H](N(CC2CCCCC2)CC2CCCCC2)C(c2ccc(C(=O)N3CCCCC3)cc2)C1. The number of esters is 1. The number of hydrogen-bond acceptors (Lipinski definition) is 4. The molecule has 0 radical (unpaired) electrons. The molecule has 1 aliphatic heterocycles. The van der Waals surface area contributed by atoms with Gasteiger partial charge in [-0.05, 0) is 112 Å². The molecule has 4 fully saturated rings. The lowest BCUT2D eigenvalue weighted by Crippen LogP contribution is -2.47. The van der Waals surface area contributed by atoms with Crippen molar-refractivity contribution < 1.29 is 14.3 Å². The average Bonchev–Trinajstić information content (AvgIpc) is 3.02. The van der Waals surface area contributed by atoms with Gasteiger partial charge in [0.25, 0.3) is 5.91 Å². The zero-order valence-corrected chi connectivity index (χ0v) is 25.9. The molecule has 3 aliphatic carbocycles. The highest BCUT2D eigenvalue weighted by molar-refractivity contribution is 5.94. The monoisotopic (exact) mass is 564 g/mol. The first-order valence-electron chi connectivity index (χ1n) is 17.4. The number of hydrogen-bond donors (Lipinski definition) is 0. The van der Waals surface area contributed by atoms with Gasteiger partial charge < -0.3 is 9.64 Å². The van der Waals surface area contributed by atoms with Crippen LogP contribution in [-0.4, -0.2) is 60.5 Å². The lowest BCUT2D eigenvalue weighted by molar-refractivity contribution is -0.144. The first-order valence-corrected chi connectivity index (χ1v) is 17.4. The number of rotatable bonds is 10. The summed E-state index contributed by atoms with van der Waals surface area (Å²) in [6.07, 6.45) is 21.2. The molecule has 0 spiro atoms. The van der Waals surface area contributed by atoms with E-state index in [1.54, 1.807) is 0 Å². The van der Waals surface area contributed by atoms with Gasteiger partial charge in [0.15, 0.2) is 0 Å². The Hall–Kier alpha value is -1.88. The largest absolute Gasteiger partial charge is 0.466 e. The molecule has 0 N–H and O–H groups in total. The van der Waals surface area contributed by atoms with Crippen LogP contribution in [0.4, 0.5) is 0 Å². The maximum atomic E-state index is 13.2. The lowest BCUT2D eigenvalue weighted by atomic mass is 9.72. The second-order valence-corrected chi connectivity index (χ2v) is 13.8. The molecule has 1 aromatic carbocycles. The van der Waals surface area contributed by atoms with Crippen molar-refractivity contribution >= 4 is 11.9 Å². The predicted octanol–water partition coefficient (Wildman–Crippen LogP) is 7.98. The molecule has 228 valence electrons. The van der Waals surface area contributed by atoms with Crippen LogP contribution in [0.5, 0.6) is 0 Å². The molecule has 1 amide bonds. The number of nitrogens with zero attached hydrogens (tertiary/aromatic N) is 2. The van der Waals surface area contributed by atoms with E-state index in [0.29, 0.717) is 30.9 Å². The van der Waals surface area contributed by atoms with Crippen LogP contribution in [0.1, 0.15) is 138 Å². The molecule has 5 heteroatoms. The molecule has 0 bridgehead atoms. The van der Waals surface area contributed by atoms with Gasteiger partial charge in [0.1, 0.15) is 0 Å². The second kappa shape index (κ2) is 15.5. The fourth-order valence-electron chi connectivity index (χ4n) is 8.58. The Morgan fingerprint density at radius 2 is 1.34 bits per heavy atom. The van der Waals surface area contributed by atoms with E-state index in [-0.39, 0.29) is 11.9 Å². The maximum absolute atomic E-state index is 13.2. The van der Waals surface area contributed by atoms with Gasteiger partial charge in [0.05, 0.1) is 6.61 Å². The minimum absolute atomic E-state index is 0.0431. The highest BCUT2D eigenvalue weighted by Crippen LogP contribution is 2.42. The van der Waals surface area contributed by atoms with Crippen molar-refractivity contribution in [1.82, 2.24) is 9.80 Å². The molecule has 1 saturated heterocycles. The molecule has 0 aromatic heterocycles. The summed E-state index contributed by atoms with van der Waals surface area (Å²) in [6, 6.07) is 9.19. The number of piperidine rings is 1. The number of benzene rings is 1. The first-order chi connectivity index (χ1) is 20.1. The van der Waals surface area contributed by atoms with Gasteiger partial charge in [-0.3, -0.25) is 14.5 Å². The Labute approximate surface area is 249 Å². The van der Waals surface area contributed by atoms with Gasteiger partial charge in [-0.15, -0.1) is 0 Å². The summed E-state index contributed by atoms with van der Waals surface area (Å²) in [7, 11) is 0. The molecular formula is C36H56N2O3. The molecule has 1 heterocycles. The highest BCUT2D eigenvalue weighted by atomic mass is 16.5. The number of carbonyl (C=O) groups excluding carboxylic acids is 2. The van der Waals surface area contributed by atoms with Gasteiger partial charge in [-0.25, -0.2) is 0 Å². The van der Waals surface area contributed by atoms with Gasteiger partial charge in [0.2, 0.25) is 0 Å². The van der Waals surface area contributed by atoms with Crippen molar-refractivity contribution in [2.24, 2.45) is 17.8 Å². The summed E-state index contributed by atoms with van der Waals surface area (Å²) in [5.74, 6) is 2.57. The summed E-state index contributed by atoms with van der Waals surface area (Å²) >= 11 is 0. The number of likely N-dealkylation sites (tertiary alicyclic amines) is 1. The van der Waals surface area contributed by atoms with Crippen molar-refractivity contribution in [3.63, 3.8) is 0 Å². The van der Waals surface area contributed by atoms with Gasteiger partial charge >= 0.3 is 5.97 Å². The highest BCUT2D eigenvalue weighted by Gasteiger charge is 2.38. The van der Waals surface area contributed by atoms with E-state index >= 15 is 0 Å². The van der Waals surface area contributed by atoms with Crippen molar-refractivity contribution in [2.45, 2.75) is 128 Å². The van der Waals surface area contributed by atoms with E-state index in [1.807, 2.05) is 11.8 Å². The summed E-state index contributed by atoms with van der Waals surface area (Å²) in [4.78, 5) is 30.7. The third-order valence-corrected chi connectivity index (χ3v) is 10.8. The zero-order chi connectivity index (χ0) is 28.4. The Bertz CT molecular complexity index is 924. The quantitative estimate of drug-likeness (QED) is 0.270. The van der Waals surface area contributed by atoms with E-state index in [1.165, 1.54) is 89.3 Å². The average molecular weight is 565 g/mol. The van der Waals surface area contributed by atoms with Crippen LogP contribution in [0.25, 0.3) is 0 Å². The Kier molecular flexibility index (Phi) is 11.6. The van der Waals surface area contributed by atoms with Crippen molar-refractivity contribution in [3.8, 4) is 0 Å². The van der Waals surface area contributed by atoms with Crippen LogP contribution >= 0.6 is 0 Å². The zero-order valence-electron chi connectivity index (χ0n) is 25.9. The summed E-state index contributed by atoms with van der Waals surface area (Å²) in [5.41, 5.74) is 2.18. The minimum atomic E-state index is -0.0431. The number of amides is 1. The molecule has 1 unspecified atom stereocenters. The van der Waals surface area contributed by atoms with Crippen molar-refractivity contribution in [1.29, 1.82) is 0 Å². The fourth-order valence-corrected chi connectivity index (χ4v) is 8.58. The Morgan fingerprint density at radius 1 is 0.756 bits per heavy atom. The van der Waals surface area contributed by atoms with Gasteiger partial charge in [-0.2, -0.15) is 0 Å². The fraction of sp³-hybridized carbons (Fsp3) is 0.778. The van der Waals surface area contributed by atoms with Crippen LogP contribution < -0.4 is 0 Å². The Balaban J connectivity index is 1.36. The van der Waals surface area contributed by atoms with E-state index in [0.717, 1.165) is 62.6 Å². The summed E-state index contributed by atoms with van der Waals surface area (Å²) in [6.45, 7) is 6.62. The molecule has 41 heavy (non-hydrogen) atoms. The lowest BCUT2D eigenvalue weighted by Gasteiger charge is -2.46. The summed E-state index contributed by atoms with van der Waals surface area (Å²) in [5, 5.41) is 0. The molecule has 4 aliphatic rings. The number of ether oxygens (including phenoxy) is 1. The predicted molar refractivity (Wildman–Crippen MR) is 166 cm³/mol. The van der Waals surface area contributed by atoms with Gasteiger partial charge in [0, 0.05) is 44.2 Å². The second-order valence-electron chi connectivity index (χ2n) is 13.8. The maximum Gasteiger partial charge on any atom is 0.306 e. The van der Waals surface area contributed by atoms with Crippen molar-refractivity contribution in [2.75, 3.05) is 32.8 Å². The molecular weight excluding hydrogens is 508 g/mol. The molecule has 5 nitrogen and oxygen atoms in total. The van der Waals surface area contributed by atoms with Crippen LogP contribution in [0.2, 0.25) is 0 Å². The number of carbonyl (C=O) groups is 2. The smallest absolute Gasteiger partial charge is 0.306 e. The van der Waals surface area contributed by atoms with E-state index in [4.69, 9.17) is 4.74 Å². The third kappa shape index (κ3) is 8.58. The van der Waals surface area contributed by atoms with Gasteiger partial charge in [-0.1, -0.05) is 50.7 Å². The summed E-state index contributed by atoms with van der Waals surface area (Å²) < 4.78 is 5.37. The van der Waals surface area contributed by atoms with E-state index < -0.39 is 0 Å². The molecule has 3 atom stereocenters. The first kappa shape index (κ1) is 30.6. The molecule has 1 aromatic rings. The third-order valence-electron chi connectivity index (χ3n) is 10.8. The minimum Gasteiger partial charge on any atom is -0.466 e. The topological polar surface area (TPSA) is 49.9 Å². The van der Waals surface area contributed by atoms with Crippen LogP contribution in [0.15, 0.2) is 24.3 Å². The molecule has 3 saturated carbocycles. The standard InChI is InChI=1S/C36H56N2O3/c1-2-41-35(39)25-30-16-21-34(38(26-28-12-6-3-7-13-28)27-29-14-8-4-9-15-29)33(24-30)31-17-19-32(20-18-31)36(40)37-22-10-5-11-23-37/h17-20,28-30,33-34H,2-16,21-27H2,1H3/t30-,33?,34-/m1/s1. The normalized spacial score (nSPS) is 26.7. The van der Waals surface area contributed by atoms with E-state index in [9.17, 15) is 9.59 Å². The van der Waals surface area contributed by atoms with Crippen molar-refractivity contribution in [3.05, 3.63) is 35.4 Å².